The summed E-state index contributed by atoms with van der Waals surface area (Å²) in [5.74, 6) is -0.424. The van der Waals surface area contributed by atoms with Crippen molar-refractivity contribution < 1.29 is 32.4 Å². The van der Waals surface area contributed by atoms with E-state index in [-0.39, 0.29) is 0 Å². The second kappa shape index (κ2) is 14.5. The SMILES string of the molecule is CCO[Si](CCCNC(=O)C(C)OC(=O)Nc1ccc(C)c(N=C=O)c1)(OCC)OCC. The Morgan fingerprint density at radius 2 is 1.75 bits per heavy atom. The molecule has 2 N–H and O–H groups in total. The monoisotopic (exact) mass is 467 g/mol. The molecule has 11 heteroatoms. The number of ether oxygens (including phenoxy) is 1. The molecule has 1 aromatic rings. The van der Waals surface area contributed by atoms with Gasteiger partial charge in [0.2, 0.25) is 6.08 Å². The molecular weight excluding hydrogens is 434 g/mol. The molecule has 1 atom stereocenters. The summed E-state index contributed by atoms with van der Waals surface area (Å²) in [6.07, 6.45) is 0.264. The molecule has 0 aliphatic heterocycles. The molecule has 0 heterocycles. The molecular formula is C21H33N3O7Si. The Balaban J connectivity index is 2.51. The molecule has 0 radical (unpaired) electrons. The van der Waals surface area contributed by atoms with Gasteiger partial charge in [-0.2, -0.15) is 4.99 Å². The van der Waals surface area contributed by atoms with Crippen LogP contribution in [-0.4, -0.2) is 59.4 Å². The average Bonchev–Trinajstić information content (AvgIpc) is 2.74. The van der Waals surface area contributed by atoms with E-state index in [0.29, 0.717) is 50.2 Å². The summed E-state index contributed by atoms with van der Waals surface area (Å²) in [7, 11) is -2.76. The van der Waals surface area contributed by atoms with Gasteiger partial charge < -0.3 is 23.3 Å². The number of nitrogens with zero attached hydrogens (tertiary/aromatic N) is 1. The fourth-order valence-corrected chi connectivity index (χ4v) is 5.49. The van der Waals surface area contributed by atoms with Crippen molar-refractivity contribution >= 4 is 38.3 Å². The van der Waals surface area contributed by atoms with Gasteiger partial charge in [-0.05, 0) is 58.7 Å². The van der Waals surface area contributed by atoms with Crippen LogP contribution in [0.1, 0.15) is 39.7 Å². The van der Waals surface area contributed by atoms with E-state index in [2.05, 4.69) is 15.6 Å². The third-order valence-corrected chi connectivity index (χ3v) is 7.48. The van der Waals surface area contributed by atoms with Crippen LogP contribution < -0.4 is 10.6 Å². The van der Waals surface area contributed by atoms with Crippen molar-refractivity contribution in [1.82, 2.24) is 5.32 Å². The van der Waals surface area contributed by atoms with Crippen molar-refractivity contribution in [3.63, 3.8) is 0 Å². The van der Waals surface area contributed by atoms with Crippen LogP contribution in [0.15, 0.2) is 23.2 Å². The van der Waals surface area contributed by atoms with Crippen LogP contribution in [0, 0.1) is 6.92 Å². The van der Waals surface area contributed by atoms with Gasteiger partial charge >= 0.3 is 14.9 Å². The maximum Gasteiger partial charge on any atom is 0.500 e. The number of hydrogen-bond acceptors (Lipinski definition) is 8. The number of aliphatic imine (C=N–C) groups is 1. The van der Waals surface area contributed by atoms with Gasteiger partial charge in [0.15, 0.2) is 6.10 Å². The smallest absolute Gasteiger partial charge is 0.436 e. The lowest BCUT2D eigenvalue weighted by Crippen LogP contribution is -2.46. The van der Waals surface area contributed by atoms with Crippen molar-refractivity contribution in [3.05, 3.63) is 23.8 Å². The molecule has 1 rings (SSSR count). The maximum atomic E-state index is 12.3. The molecule has 2 amide bonds. The zero-order valence-electron chi connectivity index (χ0n) is 19.4. The van der Waals surface area contributed by atoms with Gasteiger partial charge in [0, 0.05) is 38.1 Å². The molecule has 0 aliphatic carbocycles. The normalized spacial score (nSPS) is 11.9. The number of benzene rings is 1. The molecule has 32 heavy (non-hydrogen) atoms. The van der Waals surface area contributed by atoms with Gasteiger partial charge in [-0.3, -0.25) is 10.1 Å². The summed E-state index contributed by atoms with van der Waals surface area (Å²) in [5, 5.41) is 5.25. The lowest BCUT2D eigenvalue weighted by molar-refractivity contribution is -0.128. The van der Waals surface area contributed by atoms with Crippen LogP contribution in [0.25, 0.3) is 0 Å². The summed E-state index contributed by atoms with van der Waals surface area (Å²) in [4.78, 5) is 38.4. The molecule has 0 aliphatic rings. The first-order chi connectivity index (χ1) is 15.3. The van der Waals surface area contributed by atoms with Crippen LogP contribution >= 0.6 is 0 Å². The summed E-state index contributed by atoms with van der Waals surface area (Å²) in [5.41, 5.74) is 1.52. The Morgan fingerprint density at radius 3 is 2.31 bits per heavy atom. The van der Waals surface area contributed by atoms with Crippen LogP contribution in [0.5, 0.6) is 0 Å². The summed E-state index contributed by atoms with van der Waals surface area (Å²) >= 11 is 0. The number of isocyanates is 1. The van der Waals surface area contributed by atoms with E-state index in [1.54, 1.807) is 19.1 Å². The molecule has 0 aromatic heterocycles. The molecule has 10 nitrogen and oxygen atoms in total. The van der Waals surface area contributed by atoms with Crippen LogP contribution in [-0.2, 0) is 27.6 Å². The number of anilines is 1. The van der Waals surface area contributed by atoms with Crippen molar-refractivity contribution in [1.29, 1.82) is 0 Å². The summed E-state index contributed by atoms with van der Waals surface area (Å²) in [6.45, 7) is 10.7. The molecule has 0 saturated carbocycles. The second-order valence-corrected chi connectivity index (χ2v) is 9.49. The second-order valence-electron chi connectivity index (χ2n) is 6.75. The van der Waals surface area contributed by atoms with E-state index in [9.17, 15) is 14.4 Å². The molecule has 178 valence electrons. The molecule has 0 bridgehead atoms. The van der Waals surface area contributed by atoms with Crippen molar-refractivity contribution in [3.8, 4) is 0 Å². The van der Waals surface area contributed by atoms with E-state index in [0.717, 1.165) is 5.56 Å². The first kappa shape index (κ1) is 27.5. The quantitative estimate of drug-likeness (QED) is 0.186. The van der Waals surface area contributed by atoms with E-state index in [4.69, 9.17) is 18.0 Å². The van der Waals surface area contributed by atoms with Crippen molar-refractivity contribution in [2.24, 2.45) is 4.99 Å². The van der Waals surface area contributed by atoms with E-state index in [1.165, 1.54) is 19.1 Å². The number of carbonyl (C=O) groups is 2. The zero-order chi connectivity index (χ0) is 24.0. The molecule has 1 unspecified atom stereocenters. The summed E-state index contributed by atoms with van der Waals surface area (Å²) < 4.78 is 22.5. The van der Waals surface area contributed by atoms with Gasteiger partial charge in [0.25, 0.3) is 5.91 Å². The Labute approximate surface area is 190 Å². The van der Waals surface area contributed by atoms with Gasteiger partial charge in [0.1, 0.15) is 0 Å². The lowest BCUT2D eigenvalue weighted by atomic mass is 10.2. The van der Waals surface area contributed by atoms with Gasteiger partial charge in [-0.1, -0.05) is 6.07 Å². The van der Waals surface area contributed by atoms with Crippen LogP contribution in [0.4, 0.5) is 16.2 Å². The Hall–Kier alpha value is -2.56. The standard InChI is InChI=1S/C21H33N3O7Si/c1-6-28-32(29-7-2,30-8-3)13-9-12-22-20(26)17(5)31-21(27)24-18-11-10-16(4)19(14-18)23-15-25/h10-11,14,17H,6-9,12-13H2,1-5H3,(H,22,26)(H,24,27). The predicted molar refractivity (Wildman–Crippen MR) is 122 cm³/mol. The number of rotatable bonds is 14. The first-order valence-electron chi connectivity index (χ1n) is 10.7. The first-order valence-corrected chi connectivity index (χ1v) is 12.6. The Morgan fingerprint density at radius 1 is 1.12 bits per heavy atom. The predicted octanol–water partition coefficient (Wildman–Crippen LogP) is 3.45. The molecule has 1 aromatic carbocycles. The number of hydrogen-bond donors (Lipinski definition) is 2. The highest BCUT2D eigenvalue weighted by Crippen LogP contribution is 2.23. The number of carbonyl (C=O) groups excluding carboxylic acids is 3. The fourth-order valence-electron chi connectivity index (χ4n) is 2.88. The fraction of sp³-hybridized carbons (Fsp3) is 0.571. The number of amides is 2. The maximum absolute atomic E-state index is 12.3. The van der Waals surface area contributed by atoms with E-state index < -0.39 is 26.9 Å². The highest BCUT2D eigenvalue weighted by molar-refractivity contribution is 6.60. The minimum atomic E-state index is -2.76. The largest absolute Gasteiger partial charge is 0.500 e. The van der Waals surface area contributed by atoms with Gasteiger partial charge in [-0.25, -0.2) is 9.59 Å². The minimum Gasteiger partial charge on any atom is -0.436 e. The Kier molecular flexibility index (Phi) is 12.4. The van der Waals surface area contributed by atoms with E-state index in [1.807, 2.05) is 20.8 Å². The third-order valence-electron chi connectivity index (χ3n) is 4.33. The molecule has 0 saturated heterocycles. The van der Waals surface area contributed by atoms with Crippen molar-refractivity contribution in [2.45, 2.75) is 53.2 Å². The number of aryl methyl sites for hydroxylation is 1. The topological polar surface area (TPSA) is 125 Å². The highest BCUT2D eigenvalue weighted by atomic mass is 28.4. The van der Waals surface area contributed by atoms with Crippen LogP contribution in [0.3, 0.4) is 0 Å². The molecule has 0 spiro atoms. The molecule has 0 fully saturated rings. The minimum absolute atomic E-state index is 0.362. The zero-order valence-corrected chi connectivity index (χ0v) is 20.4. The Bertz CT molecular complexity index is 783. The van der Waals surface area contributed by atoms with Gasteiger partial charge in [-0.15, -0.1) is 0 Å². The number of nitrogens with one attached hydrogen (secondary N) is 2. The lowest BCUT2D eigenvalue weighted by Gasteiger charge is -2.28. The average molecular weight is 468 g/mol. The van der Waals surface area contributed by atoms with Gasteiger partial charge in [0.05, 0.1) is 5.69 Å². The van der Waals surface area contributed by atoms with Crippen molar-refractivity contribution in [2.75, 3.05) is 31.7 Å². The highest BCUT2D eigenvalue weighted by Gasteiger charge is 2.39. The van der Waals surface area contributed by atoms with Crippen LogP contribution in [0.2, 0.25) is 6.04 Å². The van der Waals surface area contributed by atoms with E-state index >= 15 is 0 Å². The third kappa shape index (κ3) is 9.29. The summed E-state index contributed by atoms with van der Waals surface area (Å²) in [6, 6.07) is 5.41.